The molecule has 238 valence electrons. The van der Waals surface area contributed by atoms with Crippen LogP contribution in [0.25, 0.3) is 0 Å². The molecule has 10 nitrogen and oxygen atoms in total. The number of hydrazone groups is 2. The van der Waals surface area contributed by atoms with Gasteiger partial charge in [0.05, 0.1) is 0 Å². The monoisotopic (exact) mass is 672 g/mol. The second kappa shape index (κ2) is 21.5. The summed E-state index contributed by atoms with van der Waals surface area (Å²) in [5, 5.41) is 19.0. The smallest absolute Gasteiger partial charge is 0.155 e. The molecule has 0 aliphatic carbocycles. The van der Waals surface area contributed by atoms with Crippen molar-refractivity contribution in [3.63, 3.8) is 0 Å². The van der Waals surface area contributed by atoms with E-state index in [2.05, 4.69) is 73.3 Å². The van der Waals surface area contributed by atoms with Crippen molar-refractivity contribution >= 4 is 52.9 Å². The SMILES string of the molecule is C=CCN(CC=C)C1=NN(N(CC=C)CC=C)NC(SSSSC2=CC(N(CC=C)CC=C)=NN(N(CC=C)CC=C)N2)=C1. The maximum Gasteiger partial charge on any atom is 0.155 e. The molecule has 0 radical (unpaired) electrons. The molecule has 0 saturated heterocycles. The molecule has 0 fully saturated rings. The van der Waals surface area contributed by atoms with Gasteiger partial charge in [0, 0.05) is 64.5 Å². The van der Waals surface area contributed by atoms with Crippen molar-refractivity contribution in [1.82, 2.24) is 41.1 Å². The van der Waals surface area contributed by atoms with Gasteiger partial charge in [0.1, 0.15) is 10.1 Å². The van der Waals surface area contributed by atoms with Crippen LogP contribution in [0.2, 0.25) is 0 Å². The molecule has 2 N–H and O–H groups in total. The minimum absolute atomic E-state index is 0.595. The van der Waals surface area contributed by atoms with Gasteiger partial charge < -0.3 is 9.80 Å². The Bertz CT molecular complexity index is 1020. The van der Waals surface area contributed by atoms with Crippen molar-refractivity contribution in [1.29, 1.82) is 0 Å². The number of hydrogen-bond acceptors (Lipinski definition) is 14. The first kappa shape index (κ1) is 37.0. The molecule has 2 aliphatic rings. The standard InChI is InChI=1S/C30H44N10S4/c1-9-17-35(18-10-2)27-25-29(33-39(31-27)37(21-13-5)22-14-6)41-43-44-42-30-26-28(36(19-11-3)20-12-4)32-40(34-30)38(23-15-7)24-16-8/h9-16,25-26,33-34H,1-8,17-24H2. The Morgan fingerprint density at radius 3 is 1.09 bits per heavy atom. The third kappa shape index (κ3) is 12.1. The minimum atomic E-state index is 0.595. The molecule has 0 spiro atoms. The summed E-state index contributed by atoms with van der Waals surface area (Å²) < 4.78 is 0. The van der Waals surface area contributed by atoms with E-state index in [9.17, 15) is 0 Å². The summed E-state index contributed by atoms with van der Waals surface area (Å²) in [5.74, 6) is 1.59. The van der Waals surface area contributed by atoms with Crippen LogP contribution in [0.4, 0.5) is 0 Å². The molecule has 0 amide bonds. The fourth-order valence-electron chi connectivity index (χ4n) is 3.76. The van der Waals surface area contributed by atoms with Gasteiger partial charge in [0.15, 0.2) is 11.7 Å². The van der Waals surface area contributed by atoms with Gasteiger partial charge in [-0.2, -0.15) is 10.0 Å². The molecule has 0 aromatic carbocycles. The van der Waals surface area contributed by atoms with Crippen molar-refractivity contribution < 1.29 is 0 Å². The molecule has 0 bridgehead atoms. The van der Waals surface area contributed by atoms with E-state index in [0.717, 1.165) is 21.7 Å². The van der Waals surface area contributed by atoms with E-state index in [1.54, 1.807) is 51.7 Å². The van der Waals surface area contributed by atoms with Crippen molar-refractivity contribution in [2.24, 2.45) is 10.2 Å². The first-order chi connectivity index (χ1) is 21.5. The average Bonchev–Trinajstić information content (AvgIpc) is 3.02. The summed E-state index contributed by atoms with van der Waals surface area (Å²) in [5.41, 5.74) is 6.80. The highest BCUT2D eigenvalue weighted by Gasteiger charge is 2.24. The van der Waals surface area contributed by atoms with E-state index in [4.69, 9.17) is 10.2 Å². The summed E-state index contributed by atoms with van der Waals surface area (Å²) >= 11 is 0. The summed E-state index contributed by atoms with van der Waals surface area (Å²) in [4.78, 5) is 4.20. The molecule has 44 heavy (non-hydrogen) atoms. The predicted octanol–water partition coefficient (Wildman–Crippen LogP) is 6.14. The molecule has 0 atom stereocenters. The van der Waals surface area contributed by atoms with Gasteiger partial charge in [0.25, 0.3) is 0 Å². The lowest BCUT2D eigenvalue weighted by atomic mass is 10.4. The van der Waals surface area contributed by atoms with Crippen LogP contribution < -0.4 is 10.9 Å². The van der Waals surface area contributed by atoms with Crippen molar-refractivity contribution in [2.45, 2.75) is 0 Å². The highest BCUT2D eigenvalue weighted by atomic mass is 33.7. The molecular formula is C30H44N10S4. The van der Waals surface area contributed by atoms with Gasteiger partial charge >= 0.3 is 0 Å². The van der Waals surface area contributed by atoms with E-state index < -0.39 is 0 Å². The zero-order valence-electron chi connectivity index (χ0n) is 25.3. The molecule has 2 aliphatic heterocycles. The fraction of sp³-hybridized carbons (Fsp3) is 0.267. The Morgan fingerprint density at radius 1 is 0.523 bits per heavy atom. The van der Waals surface area contributed by atoms with E-state index in [-0.39, 0.29) is 0 Å². The van der Waals surface area contributed by atoms with Gasteiger partial charge in [-0.3, -0.25) is 10.9 Å². The second-order valence-corrected chi connectivity index (χ2v) is 14.7. The number of rotatable bonds is 23. The highest BCUT2D eigenvalue weighted by molar-refractivity contribution is 9.26. The largest absolute Gasteiger partial charge is 0.348 e. The molecule has 0 saturated carbocycles. The lowest BCUT2D eigenvalue weighted by Crippen LogP contribution is -2.50. The Balaban J connectivity index is 2.21. The third-order valence-electron chi connectivity index (χ3n) is 5.55. The van der Waals surface area contributed by atoms with Gasteiger partial charge in [-0.15, -0.1) is 73.3 Å². The number of hydrazine groups is 4. The molecular weight excluding hydrogens is 629 g/mol. The molecule has 2 heterocycles. The molecule has 2 rings (SSSR count). The Labute approximate surface area is 278 Å². The van der Waals surface area contributed by atoms with Crippen LogP contribution >= 0.6 is 41.2 Å². The van der Waals surface area contributed by atoms with Crippen molar-refractivity contribution in [2.75, 3.05) is 52.4 Å². The Hall–Kier alpha value is -3.14. The van der Waals surface area contributed by atoms with Gasteiger partial charge in [0.2, 0.25) is 0 Å². The first-order valence-electron chi connectivity index (χ1n) is 13.8. The lowest BCUT2D eigenvalue weighted by molar-refractivity contribution is -0.0408. The maximum atomic E-state index is 4.83. The van der Waals surface area contributed by atoms with Crippen molar-refractivity contribution in [3.05, 3.63) is 123 Å². The van der Waals surface area contributed by atoms with Crippen LogP contribution in [-0.2, 0) is 0 Å². The highest BCUT2D eigenvalue weighted by Crippen LogP contribution is 2.48. The molecule has 0 unspecified atom stereocenters. The summed E-state index contributed by atoms with van der Waals surface area (Å²) in [6.07, 6.45) is 18.8. The summed E-state index contributed by atoms with van der Waals surface area (Å²) in [7, 11) is 6.47. The minimum Gasteiger partial charge on any atom is -0.348 e. The molecule has 14 heteroatoms. The average molecular weight is 673 g/mol. The van der Waals surface area contributed by atoms with E-state index >= 15 is 0 Å². The van der Waals surface area contributed by atoms with Crippen LogP contribution in [0, 0.1) is 0 Å². The molecule has 0 aromatic rings. The molecule has 0 aromatic heterocycles. The van der Waals surface area contributed by atoms with Crippen LogP contribution in [-0.4, -0.2) is 94.3 Å². The van der Waals surface area contributed by atoms with E-state index in [1.807, 2.05) is 70.8 Å². The second-order valence-electron chi connectivity index (χ2n) is 8.90. The van der Waals surface area contributed by atoms with Crippen LogP contribution in [0.15, 0.2) is 134 Å². The number of nitrogens with zero attached hydrogens (tertiary/aromatic N) is 8. The van der Waals surface area contributed by atoms with Crippen LogP contribution in [0.5, 0.6) is 0 Å². The zero-order chi connectivity index (χ0) is 32.2. The quantitative estimate of drug-likeness (QED) is 0.0745. The normalized spacial score (nSPS) is 14.2. The van der Waals surface area contributed by atoms with Gasteiger partial charge in [-0.1, -0.05) is 48.6 Å². The van der Waals surface area contributed by atoms with Crippen molar-refractivity contribution in [3.8, 4) is 0 Å². The number of nitrogens with one attached hydrogen (secondary N) is 2. The Morgan fingerprint density at radius 2 is 0.818 bits per heavy atom. The first-order valence-corrected chi connectivity index (χ1v) is 18.6. The third-order valence-corrected chi connectivity index (χ3v) is 11.4. The fourth-order valence-corrected chi connectivity index (χ4v) is 8.95. The van der Waals surface area contributed by atoms with Crippen LogP contribution in [0.3, 0.4) is 0 Å². The topological polar surface area (TPSA) is 68.2 Å². The maximum absolute atomic E-state index is 4.83. The number of amidine groups is 2. The summed E-state index contributed by atoms with van der Waals surface area (Å²) in [6.45, 7) is 36.1. The van der Waals surface area contributed by atoms with Crippen LogP contribution in [0.1, 0.15) is 0 Å². The zero-order valence-corrected chi connectivity index (χ0v) is 28.6. The van der Waals surface area contributed by atoms with Gasteiger partial charge in [-0.25, -0.2) is 0 Å². The van der Waals surface area contributed by atoms with Gasteiger partial charge in [-0.05, 0) is 41.2 Å². The summed E-state index contributed by atoms with van der Waals surface area (Å²) in [6, 6.07) is 0. The predicted molar refractivity (Wildman–Crippen MR) is 199 cm³/mol. The van der Waals surface area contributed by atoms with E-state index in [1.165, 1.54) is 0 Å². The lowest BCUT2D eigenvalue weighted by Gasteiger charge is -2.36. The number of hydrogen-bond donors (Lipinski definition) is 2. The Kier molecular flexibility index (Phi) is 18.1. The van der Waals surface area contributed by atoms with E-state index in [0.29, 0.717) is 52.4 Å².